The van der Waals surface area contributed by atoms with E-state index in [1.165, 1.54) is 38.5 Å². The zero-order valence-corrected chi connectivity index (χ0v) is 11.7. The average Bonchev–Trinajstić information content (AvgIpc) is 2.49. The molecular weight excluding hydrogens is 277 g/mol. The number of methoxy groups -OCH3 is 2. The number of hydrogen-bond acceptors (Lipinski definition) is 6. The van der Waals surface area contributed by atoms with Gasteiger partial charge in [0.25, 0.3) is 0 Å². The summed E-state index contributed by atoms with van der Waals surface area (Å²) in [6.07, 6.45) is 0. The predicted octanol–water partition coefficient (Wildman–Crippen LogP) is 1.34. The van der Waals surface area contributed by atoms with Gasteiger partial charge in [-0.25, -0.2) is 4.39 Å². The Labute approximate surface area is 121 Å². The average molecular weight is 293 g/mol. The molecule has 3 N–H and O–H groups in total. The largest absolute Gasteiger partial charge is 0.481 e. The summed E-state index contributed by atoms with van der Waals surface area (Å²) in [5.74, 6) is -0.161. The van der Waals surface area contributed by atoms with Crippen molar-refractivity contribution in [2.75, 3.05) is 26.6 Å². The first-order chi connectivity index (χ1) is 10.1. The lowest BCUT2D eigenvalue weighted by molar-refractivity contribution is 0.274. The van der Waals surface area contributed by atoms with E-state index in [0.717, 1.165) is 0 Å². The van der Waals surface area contributed by atoms with Crippen LogP contribution in [0.1, 0.15) is 17.3 Å². The fourth-order valence-electron chi connectivity index (χ4n) is 1.97. The molecular formula is C14H16FN3O3. The molecule has 0 aliphatic carbocycles. The van der Waals surface area contributed by atoms with E-state index < -0.39 is 11.7 Å². The van der Waals surface area contributed by atoms with E-state index in [4.69, 9.17) is 15.2 Å². The second-order valence-electron chi connectivity index (χ2n) is 4.32. The summed E-state index contributed by atoms with van der Waals surface area (Å²) in [7, 11) is 2.93. The number of aliphatic hydroxyl groups is 1. The molecule has 7 heteroatoms. The molecule has 0 bridgehead atoms. The van der Waals surface area contributed by atoms with Crippen molar-refractivity contribution in [3.05, 3.63) is 41.5 Å². The van der Waals surface area contributed by atoms with Crippen LogP contribution in [0.25, 0.3) is 0 Å². The normalized spacial score (nSPS) is 12.0. The Balaban J connectivity index is 2.50. The van der Waals surface area contributed by atoms with Gasteiger partial charge >= 0.3 is 0 Å². The fourth-order valence-corrected chi connectivity index (χ4v) is 1.97. The second-order valence-corrected chi connectivity index (χ2v) is 4.32. The van der Waals surface area contributed by atoms with Gasteiger partial charge in [0.05, 0.1) is 32.8 Å². The van der Waals surface area contributed by atoms with Gasteiger partial charge in [-0.2, -0.15) is 9.97 Å². The molecule has 1 atom stereocenters. The van der Waals surface area contributed by atoms with Crippen LogP contribution in [0, 0.1) is 5.82 Å². The van der Waals surface area contributed by atoms with E-state index in [9.17, 15) is 9.50 Å². The van der Waals surface area contributed by atoms with E-state index in [1.54, 1.807) is 0 Å². The van der Waals surface area contributed by atoms with Gasteiger partial charge < -0.3 is 20.3 Å². The number of benzene rings is 1. The highest BCUT2D eigenvalue weighted by Crippen LogP contribution is 2.29. The summed E-state index contributed by atoms with van der Waals surface area (Å²) >= 11 is 0. The molecule has 0 saturated heterocycles. The standard InChI is InChI=1S/C14H16FN3O3/c1-20-12-6-13(21-2)18-14(17-12)10(7-19)9-4-3-8(15)5-11(9)16/h3-6,10,19H,7,16H2,1-2H3. The van der Waals surface area contributed by atoms with E-state index in [-0.39, 0.29) is 18.1 Å². The summed E-state index contributed by atoms with van der Waals surface area (Å²) in [4.78, 5) is 8.38. The van der Waals surface area contributed by atoms with Crippen LogP contribution in [-0.2, 0) is 0 Å². The molecule has 0 radical (unpaired) electrons. The molecule has 112 valence electrons. The molecule has 0 spiro atoms. The monoisotopic (exact) mass is 293 g/mol. The molecule has 6 nitrogen and oxygen atoms in total. The lowest BCUT2D eigenvalue weighted by Gasteiger charge is -2.16. The van der Waals surface area contributed by atoms with Crippen LogP contribution in [0.15, 0.2) is 24.3 Å². The number of nitrogen functional groups attached to an aromatic ring is 1. The lowest BCUT2D eigenvalue weighted by atomic mass is 9.97. The minimum absolute atomic E-state index is 0.222. The van der Waals surface area contributed by atoms with Crippen molar-refractivity contribution in [2.45, 2.75) is 5.92 Å². The second kappa shape index (κ2) is 6.36. The SMILES string of the molecule is COc1cc(OC)nc(C(CO)c2ccc(F)cc2N)n1. The molecule has 21 heavy (non-hydrogen) atoms. The quantitative estimate of drug-likeness (QED) is 0.808. The Hall–Kier alpha value is -2.41. The van der Waals surface area contributed by atoms with Crippen molar-refractivity contribution in [1.82, 2.24) is 9.97 Å². The number of rotatable bonds is 5. The maximum absolute atomic E-state index is 13.1. The van der Waals surface area contributed by atoms with Gasteiger partial charge in [-0.1, -0.05) is 6.07 Å². The number of aliphatic hydroxyl groups excluding tert-OH is 1. The Morgan fingerprint density at radius 2 is 1.81 bits per heavy atom. The highest BCUT2D eigenvalue weighted by molar-refractivity contribution is 5.51. The third-order valence-corrected chi connectivity index (χ3v) is 3.03. The van der Waals surface area contributed by atoms with Crippen molar-refractivity contribution >= 4 is 5.69 Å². The third kappa shape index (κ3) is 3.19. The molecule has 1 aromatic heterocycles. The Bertz CT molecular complexity index is 615. The van der Waals surface area contributed by atoms with E-state index in [2.05, 4.69) is 9.97 Å². The van der Waals surface area contributed by atoms with Crippen molar-refractivity contribution in [3.63, 3.8) is 0 Å². The smallest absolute Gasteiger partial charge is 0.220 e. The number of aromatic nitrogens is 2. The molecule has 0 amide bonds. The van der Waals surface area contributed by atoms with Crippen LogP contribution in [-0.4, -0.2) is 35.9 Å². The number of ether oxygens (including phenoxy) is 2. The van der Waals surface area contributed by atoms with E-state index in [0.29, 0.717) is 17.3 Å². The zero-order valence-electron chi connectivity index (χ0n) is 11.7. The van der Waals surface area contributed by atoms with Gasteiger partial charge in [-0.05, 0) is 17.7 Å². The summed E-state index contributed by atoms with van der Waals surface area (Å²) < 4.78 is 23.3. The van der Waals surface area contributed by atoms with Gasteiger partial charge in [-0.15, -0.1) is 0 Å². The first kappa shape index (κ1) is 15.0. The summed E-state index contributed by atoms with van der Waals surface area (Å²) in [6.45, 7) is -0.286. The minimum atomic E-state index is -0.602. The van der Waals surface area contributed by atoms with Gasteiger partial charge in [0.1, 0.15) is 11.6 Å². The molecule has 2 aromatic rings. The van der Waals surface area contributed by atoms with Crippen LogP contribution in [0.5, 0.6) is 11.8 Å². The first-order valence-electron chi connectivity index (χ1n) is 6.21. The molecule has 1 unspecified atom stereocenters. The Morgan fingerprint density at radius 1 is 1.19 bits per heavy atom. The van der Waals surface area contributed by atoms with Gasteiger partial charge in [0, 0.05) is 5.69 Å². The molecule has 2 rings (SSSR count). The van der Waals surface area contributed by atoms with Crippen molar-refractivity contribution in [2.24, 2.45) is 0 Å². The number of nitrogens with two attached hydrogens (primary N) is 1. The van der Waals surface area contributed by atoms with Crippen molar-refractivity contribution in [1.29, 1.82) is 0 Å². The molecule has 0 fully saturated rings. The number of halogens is 1. The van der Waals surface area contributed by atoms with E-state index in [1.807, 2.05) is 0 Å². The topological polar surface area (TPSA) is 90.5 Å². The molecule has 1 aromatic carbocycles. The Morgan fingerprint density at radius 3 is 2.29 bits per heavy atom. The third-order valence-electron chi connectivity index (χ3n) is 3.03. The zero-order chi connectivity index (χ0) is 15.4. The van der Waals surface area contributed by atoms with Crippen LogP contribution in [0.4, 0.5) is 10.1 Å². The molecule has 0 aliphatic heterocycles. The maximum atomic E-state index is 13.1. The number of anilines is 1. The highest BCUT2D eigenvalue weighted by Gasteiger charge is 2.21. The Kier molecular flexibility index (Phi) is 4.54. The van der Waals surface area contributed by atoms with Crippen LogP contribution in [0.3, 0.4) is 0 Å². The summed E-state index contributed by atoms with van der Waals surface area (Å²) in [5, 5.41) is 9.64. The van der Waals surface area contributed by atoms with Gasteiger partial charge in [-0.3, -0.25) is 0 Å². The maximum Gasteiger partial charge on any atom is 0.220 e. The van der Waals surface area contributed by atoms with Crippen LogP contribution in [0.2, 0.25) is 0 Å². The van der Waals surface area contributed by atoms with Crippen molar-refractivity contribution in [3.8, 4) is 11.8 Å². The molecule has 0 saturated carbocycles. The number of nitrogens with zero attached hydrogens (tertiary/aromatic N) is 2. The van der Waals surface area contributed by atoms with Crippen LogP contribution < -0.4 is 15.2 Å². The highest BCUT2D eigenvalue weighted by atomic mass is 19.1. The summed E-state index contributed by atoms with van der Waals surface area (Å²) in [5.41, 5.74) is 6.57. The molecule has 1 heterocycles. The predicted molar refractivity (Wildman–Crippen MR) is 74.9 cm³/mol. The van der Waals surface area contributed by atoms with Gasteiger partial charge in [0.2, 0.25) is 11.8 Å². The minimum Gasteiger partial charge on any atom is -0.481 e. The summed E-state index contributed by atoms with van der Waals surface area (Å²) in [6, 6.07) is 5.48. The van der Waals surface area contributed by atoms with Crippen LogP contribution >= 0.6 is 0 Å². The lowest BCUT2D eigenvalue weighted by Crippen LogP contribution is -2.13. The molecule has 0 aliphatic rings. The van der Waals surface area contributed by atoms with Gasteiger partial charge in [0.15, 0.2) is 0 Å². The number of hydrogen-bond donors (Lipinski definition) is 2. The fraction of sp³-hybridized carbons (Fsp3) is 0.286. The van der Waals surface area contributed by atoms with E-state index >= 15 is 0 Å². The van der Waals surface area contributed by atoms with Crippen molar-refractivity contribution < 1.29 is 19.0 Å². The first-order valence-corrected chi connectivity index (χ1v) is 6.21.